The van der Waals surface area contributed by atoms with Gasteiger partial charge in [-0.3, -0.25) is 0 Å². The van der Waals surface area contributed by atoms with Crippen molar-refractivity contribution in [3.8, 4) is 0 Å². The Morgan fingerprint density at radius 2 is 0.630 bits per heavy atom. The fourth-order valence-electron chi connectivity index (χ4n) is 8.10. The molecule has 5 aromatic rings. The molecule has 0 N–H and O–H groups in total. The molecule has 0 saturated heterocycles. The van der Waals surface area contributed by atoms with Crippen molar-refractivity contribution in [2.24, 2.45) is 0 Å². The minimum atomic E-state index is -0.836. The number of hydrogen-bond donors (Lipinski definition) is 0. The van der Waals surface area contributed by atoms with E-state index in [1.54, 1.807) is 0 Å². The van der Waals surface area contributed by atoms with Crippen LogP contribution in [0.15, 0.2) is 94.7 Å². The van der Waals surface area contributed by atoms with E-state index in [1.807, 2.05) is 11.8 Å². The van der Waals surface area contributed by atoms with Gasteiger partial charge < -0.3 is 9.80 Å². The first-order valence-corrected chi connectivity index (χ1v) is 21.9. The zero-order valence-corrected chi connectivity index (χ0v) is 37.0. The van der Waals surface area contributed by atoms with E-state index in [9.17, 15) is 0 Å². The summed E-state index contributed by atoms with van der Waals surface area (Å²) in [6, 6.07) is 34.1. The molecule has 0 atom stereocenters. The summed E-state index contributed by atoms with van der Waals surface area (Å²) in [5.74, 6) is 0. The summed E-state index contributed by atoms with van der Waals surface area (Å²) < 4.78 is 0. The van der Waals surface area contributed by atoms with Crippen LogP contribution in [0.1, 0.15) is 132 Å². The molecule has 0 saturated carbocycles. The van der Waals surface area contributed by atoms with E-state index < -0.39 is 7.92 Å². The topological polar surface area (TPSA) is 6.48 Å². The normalized spacial score (nSPS) is 15.5. The predicted molar refractivity (Wildman–Crippen MR) is 239 cm³/mol. The third-order valence-corrected chi connectivity index (χ3v) is 15.7. The fraction of sp³-hybridized carbons (Fsp3) is 0.400. The molecule has 0 unspecified atom stereocenters. The molecule has 280 valence electrons. The molecule has 2 nitrogen and oxygen atoms in total. The highest BCUT2D eigenvalue weighted by Gasteiger charge is 2.47. The number of rotatable bonds is 2. The molecule has 8 rings (SSSR count). The first kappa shape index (κ1) is 37.4. The van der Waals surface area contributed by atoms with Crippen LogP contribution in [0.3, 0.4) is 0 Å². The van der Waals surface area contributed by atoms with Crippen molar-refractivity contribution < 1.29 is 0 Å². The first-order valence-electron chi connectivity index (χ1n) is 19.8. The van der Waals surface area contributed by atoms with Crippen LogP contribution < -0.4 is 25.7 Å². The molecule has 0 fully saturated rings. The highest BCUT2D eigenvalue weighted by atomic mass is 32.2. The second kappa shape index (κ2) is 12.0. The van der Waals surface area contributed by atoms with Crippen LogP contribution in [0.25, 0.3) is 0 Å². The second-order valence-corrected chi connectivity index (χ2v) is 24.1. The minimum Gasteiger partial charge on any atom is -0.309 e. The Balaban J connectivity index is 1.52. The Hall–Kier alpha value is -3.52. The monoisotopic (exact) mass is 750 g/mol. The van der Waals surface area contributed by atoms with Gasteiger partial charge in [0.1, 0.15) is 0 Å². The van der Waals surface area contributed by atoms with Gasteiger partial charge in [0.25, 0.3) is 0 Å². The quantitative estimate of drug-likeness (QED) is 0.162. The van der Waals surface area contributed by atoms with E-state index in [-0.39, 0.29) is 27.1 Å². The van der Waals surface area contributed by atoms with Crippen LogP contribution in [0, 0.1) is 0 Å². The molecule has 3 aliphatic heterocycles. The Labute approximate surface area is 331 Å². The van der Waals surface area contributed by atoms with E-state index in [2.05, 4.69) is 199 Å². The molecule has 4 heteroatoms. The maximum atomic E-state index is 2.63. The Morgan fingerprint density at radius 3 is 0.926 bits per heavy atom. The third kappa shape index (κ3) is 6.04. The van der Waals surface area contributed by atoms with Gasteiger partial charge in [0.2, 0.25) is 0 Å². The lowest BCUT2D eigenvalue weighted by atomic mass is 9.84. The molecule has 0 aliphatic carbocycles. The molecule has 5 aromatic carbocycles. The Kier molecular flexibility index (Phi) is 8.31. The van der Waals surface area contributed by atoms with Crippen LogP contribution in [0.2, 0.25) is 0 Å². The van der Waals surface area contributed by atoms with Gasteiger partial charge in [-0.25, -0.2) is 0 Å². The summed E-state index contributed by atoms with van der Waals surface area (Å²) in [5, 5.41) is 4.51. The van der Waals surface area contributed by atoms with Crippen molar-refractivity contribution in [1.29, 1.82) is 0 Å². The van der Waals surface area contributed by atoms with Crippen molar-refractivity contribution in [2.45, 2.75) is 141 Å². The zero-order chi connectivity index (χ0) is 39.1. The fourth-order valence-corrected chi connectivity index (χ4v) is 12.7. The van der Waals surface area contributed by atoms with Crippen LogP contribution in [0.4, 0.5) is 34.1 Å². The number of nitrogens with zero attached hydrogens (tertiary/aromatic N) is 2. The van der Waals surface area contributed by atoms with E-state index in [1.165, 1.54) is 87.6 Å². The number of hydrogen-bond acceptors (Lipinski definition) is 3. The van der Waals surface area contributed by atoms with Crippen molar-refractivity contribution in [3.05, 3.63) is 113 Å². The van der Waals surface area contributed by atoms with Crippen molar-refractivity contribution >= 4 is 69.7 Å². The molecule has 0 aromatic heterocycles. The van der Waals surface area contributed by atoms with Gasteiger partial charge in [0.05, 0.1) is 22.7 Å². The lowest BCUT2D eigenvalue weighted by molar-refractivity contribution is 0.588. The van der Waals surface area contributed by atoms with E-state index in [4.69, 9.17) is 0 Å². The second-order valence-electron chi connectivity index (χ2n) is 21.0. The summed E-state index contributed by atoms with van der Waals surface area (Å²) in [4.78, 5) is 8.11. The summed E-state index contributed by atoms with van der Waals surface area (Å²) >= 11 is 2.00. The summed E-state index contributed by atoms with van der Waals surface area (Å²) in [7, 11) is -0.836. The Morgan fingerprint density at radius 1 is 0.352 bits per heavy atom. The standard InChI is InChI=1S/C50H59N2PS/c1-46(2,3)30-16-20-35(21-17-30)51-37-24-32(48(7,8)9)25-38-43(37)53-44-39(51)26-33(49(10,11)12)28-41(44)54-42-29-34(50(13,14)15)27-40(45(42)53)52(38)36-22-18-31(19-23-36)47(4,5)6/h16-29H,1-15H3. The lowest BCUT2D eigenvalue weighted by Crippen LogP contribution is -2.44. The van der Waals surface area contributed by atoms with Gasteiger partial charge in [0, 0.05) is 37.1 Å². The maximum Gasteiger partial charge on any atom is 0.0569 e. The molecule has 0 radical (unpaired) electrons. The molecule has 3 heterocycles. The SMILES string of the molecule is CC(C)(C)c1ccc(N2c3cc(C(C)(C)C)cc4c3P3c5c(cc(C(C)(C)C)cc5N(c5ccc(C(C)(C)C)cc5)c5cc(C(C)(C)C)cc2c53)S4)cc1. The van der Waals surface area contributed by atoms with E-state index in [0.29, 0.717) is 0 Å². The van der Waals surface area contributed by atoms with Crippen LogP contribution >= 0.6 is 19.7 Å². The maximum absolute atomic E-state index is 2.63. The molecular weight excluding hydrogens is 692 g/mol. The molecule has 54 heavy (non-hydrogen) atoms. The van der Waals surface area contributed by atoms with E-state index >= 15 is 0 Å². The summed E-state index contributed by atoms with van der Waals surface area (Å²) in [5.41, 5.74) is 14.8. The predicted octanol–water partition coefficient (Wildman–Crippen LogP) is 14.0. The van der Waals surface area contributed by atoms with Crippen LogP contribution in [-0.2, 0) is 27.1 Å². The van der Waals surface area contributed by atoms with Crippen molar-refractivity contribution in [3.63, 3.8) is 0 Å². The van der Waals surface area contributed by atoms with Gasteiger partial charge in [-0.2, -0.15) is 0 Å². The molecule has 0 bridgehead atoms. The Bertz CT molecular complexity index is 2160. The largest absolute Gasteiger partial charge is 0.309 e. The van der Waals surface area contributed by atoms with Crippen LogP contribution in [0.5, 0.6) is 0 Å². The lowest BCUT2D eigenvalue weighted by Gasteiger charge is -2.49. The van der Waals surface area contributed by atoms with Crippen molar-refractivity contribution in [1.82, 2.24) is 0 Å². The summed E-state index contributed by atoms with van der Waals surface area (Å²) in [6.45, 7) is 35.1. The third-order valence-electron chi connectivity index (χ3n) is 11.6. The molecular formula is C50H59N2PS. The zero-order valence-electron chi connectivity index (χ0n) is 35.3. The van der Waals surface area contributed by atoms with Gasteiger partial charge in [0.15, 0.2) is 0 Å². The smallest absolute Gasteiger partial charge is 0.0569 e. The average molecular weight is 751 g/mol. The summed E-state index contributed by atoms with van der Waals surface area (Å²) in [6.07, 6.45) is 0. The minimum absolute atomic E-state index is 0.00108. The van der Waals surface area contributed by atoms with Crippen molar-refractivity contribution in [2.75, 3.05) is 9.80 Å². The van der Waals surface area contributed by atoms with Crippen LogP contribution in [-0.4, -0.2) is 0 Å². The van der Waals surface area contributed by atoms with Gasteiger partial charge in [-0.1, -0.05) is 140 Å². The van der Waals surface area contributed by atoms with Gasteiger partial charge >= 0.3 is 0 Å². The molecule has 3 aliphatic rings. The molecule has 0 spiro atoms. The average Bonchev–Trinajstić information content (AvgIpc) is 3.06. The first-order chi connectivity index (χ1) is 24.9. The molecule has 0 amide bonds. The number of anilines is 6. The van der Waals surface area contributed by atoms with Gasteiger partial charge in [-0.05, 0) is 123 Å². The van der Waals surface area contributed by atoms with E-state index in [0.717, 1.165) is 0 Å². The number of benzene rings is 5. The van der Waals surface area contributed by atoms with Gasteiger partial charge in [-0.15, -0.1) is 0 Å². The highest BCUT2D eigenvalue weighted by Crippen LogP contribution is 2.63. The highest BCUT2D eigenvalue weighted by molar-refractivity contribution is 8.02.